The molecule has 0 bridgehead atoms. The number of fused-ring (bicyclic) bond motifs is 3. The molecule has 6 heteroatoms. The van der Waals surface area contributed by atoms with Crippen molar-refractivity contribution in [2.45, 2.75) is 58.2 Å². The fourth-order valence-corrected chi connectivity index (χ4v) is 4.22. The molecule has 1 aromatic carbocycles. The summed E-state index contributed by atoms with van der Waals surface area (Å²) in [5.41, 5.74) is 1.84. The van der Waals surface area contributed by atoms with E-state index in [1.165, 1.54) is 0 Å². The molecule has 2 aliphatic rings. The van der Waals surface area contributed by atoms with Gasteiger partial charge in [0.2, 0.25) is 0 Å². The van der Waals surface area contributed by atoms with Gasteiger partial charge in [-0.1, -0.05) is 0 Å². The second kappa shape index (κ2) is 7.24. The maximum atomic E-state index is 12.8. The Kier molecular flexibility index (Phi) is 4.91. The number of carbonyl (C=O) groups is 1. The predicted molar refractivity (Wildman–Crippen MR) is 106 cm³/mol. The fraction of sp³-hybridized carbons (Fsp3) is 0.545. The molecule has 1 amide bonds. The van der Waals surface area contributed by atoms with Crippen LogP contribution in [0.2, 0.25) is 0 Å². The van der Waals surface area contributed by atoms with Gasteiger partial charge in [-0.25, -0.2) is 4.79 Å². The molecule has 4 rings (SSSR count). The normalized spacial score (nSPS) is 19.9. The zero-order valence-corrected chi connectivity index (χ0v) is 16.7. The first-order valence-corrected chi connectivity index (χ1v) is 10.0. The average molecular weight is 385 g/mol. The number of morpholine rings is 1. The highest BCUT2D eigenvalue weighted by molar-refractivity contribution is 5.84. The number of hydrogen-bond acceptors (Lipinski definition) is 5. The highest BCUT2D eigenvalue weighted by Gasteiger charge is 2.32. The third-order valence-electron chi connectivity index (χ3n) is 5.59. The minimum atomic E-state index is -0.629. The minimum absolute atomic E-state index is 0.0663. The fourth-order valence-electron chi connectivity index (χ4n) is 4.22. The van der Waals surface area contributed by atoms with E-state index in [0.717, 1.165) is 42.2 Å². The second-order valence-corrected chi connectivity index (χ2v) is 8.34. The van der Waals surface area contributed by atoms with Crippen molar-refractivity contribution >= 4 is 16.9 Å². The Bertz CT molecular complexity index is 961. The molecule has 1 atom stereocenters. The van der Waals surface area contributed by atoms with E-state index in [-0.39, 0.29) is 17.1 Å². The lowest BCUT2D eigenvalue weighted by atomic mass is 9.91. The van der Waals surface area contributed by atoms with Gasteiger partial charge < -0.3 is 18.8 Å². The molecule has 1 aliphatic carbocycles. The second-order valence-electron chi connectivity index (χ2n) is 8.34. The maximum Gasteiger partial charge on any atom is 0.339 e. The van der Waals surface area contributed by atoms with Crippen molar-refractivity contribution in [3.05, 3.63) is 39.7 Å². The lowest BCUT2D eigenvalue weighted by molar-refractivity contribution is -0.152. The van der Waals surface area contributed by atoms with Crippen molar-refractivity contribution < 1.29 is 18.7 Å². The standard InChI is InChI=1S/C22H27NO5/c1-14(20(24)23-10-11-26-22(2,3)13-23)27-15-8-9-17-16-6-4-5-7-18(16)21(25)28-19(17)12-15/h8-9,12,14H,4-7,10-11,13H2,1-3H3. The van der Waals surface area contributed by atoms with Gasteiger partial charge in [0.25, 0.3) is 5.91 Å². The molecule has 0 radical (unpaired) electrons. The van der Waals surface area contributed by atoms with Crippen LogP contribution >= 0.6 is 0 Å². The Balaban J connectivity index is 1.55. The number of amides is 1. The van der Waals surface area contributed by atoms with Crippen LogP contribution in [0.4, 0.5) is 0 Å². The summed E-state index contributed by atoms with van der Waals surface area (Å²) in [7, 11) is 0. The molecule has 6 nitrogen and oxygen atoms in total. The van der Waals surface area contributed by atoms with Gasteiger partial charge in [-0.3, -0.25) is 4.79 Å². The van der Waals surface area contributed by atoms with E-state index in [1.54, 1.807) is 17.9 Å². The van der Waals surface area contributed by atoms with E-state index in [0.29, 0.717) is 31.0 Å². The number of benzene rings is 1. The van der Waals surface area contributed by atoms with Crippen LogP contribution in [0, 0.1) is 0 Å². The third-order valence-corrected chi connectivity index (χ3v) is 5.59. The zero-order chi connectivity index (χ0) is 19.9. The third kappa shape index (κ3) is 3.65. The van der Waals surface area contributed by atoms with Crippen molar-refractivity contribution in [2.24, 2.45) is 0 Å². The zero-order valence-electron chi connectivity index (χ0n) is 16.7. The Morgan fingerprint density at radius 3 is 2.71 bits per heavy atom. The molecule has 1 aliphatic heterocycles. The number of nitrogens with zero attached hydrogens (tertiary/aromatic N) is 1. The quantitative estimate of drug-likeness (QED) is 0.760. The molecule has 0 saturated carbocycles. The van der Waals surface area contributed by atoms with Crippen LogP contribution in [0.25, 0.3) is 11.0 Å². The Morgan fingerprint density at radius 2 is 1.96 bits per heavy atom. The molecule has 1 fully saturated rings. The van der Waals surface area contributed by atoms with Gasteiger partial charge in [0.15, 0.2) is 6.10 Å². The van der Waals surface area contributed by atoms with Gasteiger partial charge in [-0.05, 0) is 64.2 Å². The van der Waals surface area contributed by atoms with Gasteiger partial charge in [-0.15, -0.1) is 0 Å². The Hall–Kier alpha value is -2.34. The summed E-state index contributed by atoms with van der Waals surface area (Å²) in [4.78, 5) is 26.9. The van der Waals surface area contributed by atoms with Crippen molar-refractivity contribution in [2.75, 3.05) is 19.7 Å². The molecule has 28 heavy (non-hydrogen) atoms. The minimum Gasteiger partial charge on any atom is -0.481 e. The van der Waals surface area contributed by atoms with Gasteiger partial charge >= 0.3 is 5.63 Å². The summed E-state index contributed by atoms with van der Waals surface area (Å²) in [5.74, 6) is 0.461. The van der Waals surface area contributed by atoms with E-state index < -0.39 is 6.10 Å². The predicted octanol–water partition coefficient (Wildman–Crippen LogP) is 3.08. The Morgan fingerprint density at radius 1 is 1.21 bits per heavy atom. The average Bonchev–Trinajstić information content (AvgIpc) is 2.66. The summed E-state index contributed by atoms with van der Waals surface area (Å²) in [6.45, 7) is 7.33. The molecule has 1 unspecified atom stereocenters. The van der Waals surface area contributed by atoms with Crippen LogP contribution in [0.1, 0.15) is 44.7 Å². The van der Waals surface area contributed by atoms with Crippen LogP contribution in [-0.4, -0.2) is 42.2 Å². The van der Waals surface area contributed by atoms with Gasteiger partial charge in [0.05, 0.1) is 12.2 Å². The summed E-state index contributed by atoms with van der Waals surface area (Å²) in [5, 5.41) is 0.968. The lowest BCUT2D eigenvalue weighted by Crippen LogP contribution is -2.53. The summed E-state index contributed by atoms with van der Waals surface area (Å²) in [6, 6.07) is 5.51. The monoisotopic (exact) mass is 385 g/mol. The number of aryl methyl sites for hydroxylation is 1. The van der Waals surface area contributed by atoms with Crippen molar-refractivity contribution in [3.63, 3.8) is 0 Å². The van der Waals surface area contributed by atoms with Crippen molar-refractivity contribution in [1.82, 2.24) is 4.90 Å². The molecule has 0 spiro atoms. The van der Waals surface area contributed by atoms with Gasteiger partial charge in [-0.2, -0.15) is 0 Å². The summed E-state index contributed by atoms with van der Waals surface area (Å²) in [6.07, 6.45) is 3.18. The number of ether oxygens (including phenoxy) is 2. The van der Waals surface area contributed by atoms with Gasteiger partial charge in [0, 0.05) is 30.1 Å². The molecule has 2 aromatic rings. The molecule has 0 N–H and O–H groups in total. The number of hydrogen-bond donors (Lipinski definition) is 0. The molecular formula is C22H27NO5. The smallest absolute Gasteiger partial charge is 0.339 e. The number of rotatable bonds is 3. The van der Waals surface area contributed by atoms with E-state index in [4.69, 9.17) is 13.9 Å². The highest BCUT2D eigenvalue weighted by atomic mass is 16.5. The number of carbonyl (C=O) groups excluding carboxylic acids is 1. The van der Waals surface area contributed by atoms with Crippen molar-refractivity contribution in [3.8, 4) is 5.75 Å². The summed E-state index contributed by atoms with van der Waals surface area (Å²) >= 11 is 0. The molecular weight excluding hydrogens is 358 g/mol. The first-order valence-electron chi connectivity index (χ1n) is 10.0. The highest BCUT2D eigenvalue weighted by Crippen LogP contribution is 2.29. The largest absolute Gasteiger partial charge is 0.481 e. The van der Waals surface area contributed by atoms with Crippen LogP contribution < -0.4 is 10.4 Å². The van der Waals surface area contributed by atoms with E-state index >= 15 is 0 Å². The molecule has 150 valence electrons. The first-order chi connectivity index (χ1) is 13.3. The van der Waals surface area contributed by atoms with Gasteiger partial charge in [0.1, 0.15) is 11.3 Å². The van der Waals surface area contributed by atoms with Crippen LogP contribution in [0.15, 0.2) is 27.4 Å². The maximum absolute atomic E-state index is 12.8. The van der Waals surface area contributed by atoms with E-state index in [2.05, 4.69) is 0 Å². The van der Waals surface area contributed by atoms with E-state index in [9.17, 15) is 9.59 Å². The molecule has 1 aromatic heterocycles. The van der Waals surface area contributed by atoms with Crippen LogP contribution in [0.5, 0.6) is 5.75 Å². The topological polar surface area (TPSA) is 69.0 Å². The Labute approximate surface area is 164 Å². The molecule has 2 heterocycles. The lowest BCUT2D eigenvalue weighted by Gasteiger charge is -2.39. The van der Waals surface area contributed by atoms with Crippen LogP contribution in [-0.2, 0) is 22.4 Å². The summed E-state index contributed by atoms with van der Waals surface area (Å²) < 4.78 is 17.1. The molecule has 1 saturated heterocycles. The van der Waals surface area contributed by atoms with Crippen LogP contribution in [0.3, 0.4) is 0 Å². The van der Waals surface area contributed by atoms with Crippen molar-refractivity contribution in [1.29, 1.82) is 0 Å². The first kappa shape index (κ1) is 19.0. The van der Waals surface area contributed by atoms with E-state index in [1.807, 2.05) is 26.0 Å². The SMILES string of the molecule is CC(Oc1ccc2c3c(c(=O)oc2c1)CCCC3)C(=O)N1CCOC(C)(C)C1.